The number of hydrogen-bond acceptors (Lipinski definition) is 2. The average Bonchev–Trinajstić information content (AvgIpc) is 3.03. The third kappa shape index (κ3) is 1.95. The van der Waals surface area contributed by atoms with Crippen molar-refractivity contribution in [3.05, 3.63) is 33.3 Å². The number of aromatic amines is 1. The Morgan fingerprint density at radius 2 is 2.24 bits per heavy atom. The molecule has 0 aliphatic heterocycles. The summed E-state index contributed by atoms with van der Waals surface area (Å²) in [6.45, 7) is 0. The van der Waals surface area contributed by atoms with Crippen LogP contribution in [-0.2, 0) is 0 Å². The van der Waals surface area contributed by atoms with E-state index >= 15 is 0 Å². The first kappa shape index (κ1) is 11.1. The minimum absolute atomic E-state index is 0.271. The fraction of sp³-hybridized carbons (Fsp3) is 0.273. The molecule has 0 unspecified atom stereocenters. The van der Waals surface area contributed by atoms with Crippen molar-refractivity contribution in [1.29, 1.82) is 0 Å². The lowest BCUT2D eigenvalue weighted by atomic mass is 10.2. The molecular formula is C11H9BrFN3S. The molecule has 0 radical (unpaired) electrons. The van der Waals surface area contributed by atoms with E-state index in [4.69, 9.17) is 12.2 Å². The quantitative estimate of drug-likeness (QED) is 0.854. The summed E-state index contributed by atoms with van der Waals surface area (Å²) in [5.41, 5.74) is 0.852. The van der Waals surface area contributed by atoms with Crippen molar-refractivity contribution >= 4 is 28.1 Å². The second-order valence-corrected chi connectivity index (χ2v) is 5.32. The normalized spacial score (nSPS) is 15.2. The third-order valence-corrected chi connectivity index (χ3v) is 3.73. The maximum absolute atomic E-state index is 13.1. The van der Waals surface area contributed by atoms with Gasteiger partial charge in [0.25, 0.3) is 0 Å². The first-order valence-electron chi connectivity index (χ1n) is 5.29. The second kappa shape index (κ2) is 4.03. The Balaban J connectivity index is 2.18. The Labute approximate surface area is 111 Å². The van der Waals surface area contributed by atoms with Gasteiger partial charge in [0.1, 0.15) is 5.82 Å². The van der Waals surface area contributed by atoms with Gasteiger partial charge in [0.2, 0.25) is 0 Å². The van der Waals surface area contributed by atoms with E-state index in [1.807, 2.05) is 4.57 Å². The van der Waals surface area contributed by atoms with Crippen LogP contribution in [0.3, 0.4) is 0 Å². The SMILES string of the molecule is Fc1ccc(-c2n[nH]c(=S)n2C2CC2)c(Br)c1. The number of rotatable bonds is 2. The molecule has 1 heterocycles. The van der Waals surface area contributed by atoms with E-state index in [0.29, 0.717) is 15.3 Å². The highest BCUT2D eigenvalue weighted by molar-refractivity contribution is 9.10. The highest BCUT2D eigenvalue weighted by Crippen LogP contribution is 2.39. The smallest absolute Gasteiger partial charge is 0.195 e. The van der Waals surface area contributed by atoms with E-state index in [1.165, 1.54) is 12.1 Å². The number of hydrogen-bond donors (Lipinski definition) is 1. The summed E-state index contributed by atoms with van der Waals surface area (Å²) in [5, 5.41) is 7.03. The summed E-state index contributed by atoms with van der Waals surface area (Å²) in [7, 11) is 0. The summed E-state index contributed by atoms with van der Waals surface area (Å²) in [4.78, 5) is 0. The van der Waals surface area contributed by atoms with Crippen molar-refractivity contribution in [2.24, 2.45) is 0 Å². The van der Waals surface area contributed by atoms with Crippen molar-refractivity contribution in [3.63, 3.8) is 0 Å². The summed E-state index contributed by atoms with van der Waals surface area (Å²) >= 11 is 8.57. The highest BCUT2D eigenvalue weighted by Gasteiger charge is 2.28. The van der Waals surface area contributed by atoms with Gasteiger partial charge in [0, 0.05) is 16.1 Å². The number of benzene rings is 1. The molecule has 17 heavy (non-hydrogen) atoms. The van der Waals surface area contributed by atoms with Gasteiger partial charge in [-0.25, -0.2) is 4.39 Å². The number of halogens is 2. The zero-order valence-corrected chi connectivity index (χ0v) is 11.2. The van der Waals surface area contributed by atoms with Crippen LogP contribution in [0.25, 0.3) is 11.4 Å². The van der Waals surface area contributed by atoms with E-state index in [-0.39, 0.29) is 5.82 Å². The van der Waals surface area contributed by atoms with Gasteiger partial charge in [-0.3, -0.25) is 9.67 Å². The van der Waals surface area contributed by atoms with Crippen molar-refractivity contribution in [2.45, 2.75) is 18.9 Å². The van der Waals surface area contributed by atoms with Gasteiger partial charge in [-0.15, -0.1) is 0 Å². The van der Waals surface area contributed by atoms with E-state index < -0.39 is 0 Å². The van der Waals surface area contributed by atoms with Crippen molar-refractivity contribution in [3.8, 4) is 11.4 Å². The minimum atomic E-state index is -0.271. The number of nitrogens with one attached hydrogen (secondary N) is 1. The summed E-state index contributed by atoms with van der Waals surface area (Å²) in [6, 6.07) is 5.01. The van der Waals surface area contributed by atoms with Gasteiger partial charge >= 0.3 is 0 Å². The predicted molar refractivity (Wildman–Crippen MR) is 68.8 cm³/mol. The molecule has 1 fully saturated rings. The average molecular weight is 314 g/mol. The van der Waals surface area contributed by atoms with Crippen LogP contribution in [0.5, 0.6) is 0 Å². The molecule has 0 saturated heterocycles. The predicted octanol–water partition coefficient (Wildman–Crippen LogP) is 3.84. The molecule has 0 bridgehead atoms. The largest absolute Gasteiger partial charge is 0.297 e. The van der Waals surface area contributed by atoms with E-state index in [1.54, 1.807) is 6.07 Å². The molecule has 3 nitrogen and oxygen atoms in total. The summed E-state index contributed by atoms with van der Waals surface area (Å²) in [5.74, 6) is 0.497. The fourth-order valence-corrected chi connectivity index (χ4v) is 2.65. The van der Waals surface area contributed by atoms with Gasteiger partial charge in [-0.1, -0.05) is 0 Å². The Kier molecular flexibility index (Phi) is 2.63. The van der Waals surface area contributed by atoms with Gasteiger partial charge < -0.3 is 0 Å². The molecule has 0 spiro atoms. The van der Waals surface area contributed by atoms with E-state index in [0.717, 1.165) is 24.2 Å². The van der Waals surface area contributed by atoms with Crippen LogP contribution in [0.1, 0.15) is 18.9 Å². The first-order valence-corrected chi connectivity index (χ1v) is 6.49. The molecule has 1 aromatic carbocycles. The summed E-state index contributed by atoms with van der Waals surface area (Å²) < 4.78 is 16.4. The zero-order valence-electron chi connectivity index (χ0n) is 8.78. The number of aromatic nitrogens is 3. The van der Waals surface area contributed by atoms with Gasteiger partial charge in [-0.05, 0) is 59.2 Å². The lowest BCUT2D eigenvalue weighted by Gasteiger charge is -2.06. The molecular weight excluding hydrogens is 305 g/mol. The lowest BCUT2D eigenvalue weighted by molar-refractivity contribution is 0.627. The van der Waals surface area contributed by atoms with E-state index in [2.05, 4.69) is 26.1 Å². The monoisotopic (exact) mass is 313 g/mol. The Morgan fingerprint density at radius 1 is 1.47 bits per heavy atom. The maximum atomic E-state index is 13.1. The molecule has 6 heteroatoms. The van der Waals surface area contributed by atoms with Crippen LogP contribution in [0.2, 0.25) is 0 Å². The van der Waals surface area contributed by atoms with Crippen molar-refractivity contribution in [1.82, 2.24) is 14.8 Å². The minimum Gasteiger partial charge on any atom is -0.297 e. The Bertz CT molecular complexity index is 630. The molecule has 88 valence electrons. The van der Waals surface area contributed by atoms with Crippen LogP contribution in [-0.4, -0.2) is 14.8 Å². The molecule has 3 rings (SSSR count). The van der Waals surface area contributed by atoms with Crippen LogP contribution < -0.4 is 0 Å². The molecule has 1 N–H and O–H groups in total. The molecule has 0 atom stereocenters. The van der Waals surface area contributed by atoms with E-state index in [9.17, 15) is 4.39 Å². The Hall–Kier alpha value is -1.01. The summed E-state index contributed by atoms with van der Waals surface area (Å²) in [6.07, 6.45) is 2.25. The third-order valence-electron chi connectivity index (χ3n) is 2.79. The van der Waals surface area contributed by atoms with Gasteiger partial charge in [0.15, 0.2) is 10.6 Å². The van der Waals surface area contributed by atoms with Crippen LogP contribution >= 0.6 is 28.1 Å². The van der Waals surface area contributed by atoms with Crippen molar-refractivity contribution in [2.75, 3.05) is 0 Å². The van der Waals surface area contributed by atoms with Crippen LogP contribution in [0, 0.1) is 10.6 Å². The molecule has 1 aliphatic carbocycles. The number of nitrogens with zero attached hydrogens (tertiary/aromatic N) is 2. The lowest BCUT2D eigenvalue weighted by Crippen LogP contribution is -1.98. The Morgan fingerprint density at radius 3 is 2.88 bits per heavy atom. The van der Waals surface area contributed by atoms with Gasteiger partial charge in [-0.2, -0.15) is 5.10 Å². The van der Waals surface area contributed by atoms with Gasteiger partial charge in [0.05, 0.1) is 0 Å². The van der Waals surface area contributed by atoms with Crippen LogP contribution in [0.15, 0.2) is 22.7 Å². The fourth-order valence-electron chi connectivity index (χ4n) is 1.84. The molecule has 1 aliphatic rings. The number of H-pyrrole nitrogens is 1. The first-order chi connectivity index (χ1) is 8.16. The zero-order chi connectivity index (χ0) is 12.0. The molecule has 1 saturated carbocycles. The standard InChI is InChI=1S/C11H9BrFN3S/c12-9-5-6(13)1-4-8(9)10-14-15-11(17)16(10)7-2-3-7/h1,4-5,7H,2-3H2,(H,15,17). The topological polar surface area (TPSA) is 33.6 Å². The molecule has 2 aromatic rings. The highest BCUT2D eigenvalue weighted by atomic mass is 79.9. The van der Waals surface area contributed by atoms with Crippen molar-refractivity contribution < 1.29 is 4.39 Å². The second-order valence-electron chi connectivity index (χ2n) is 4.08. The van der Waals surface area contributed by atoms with Crippen LogP contribution in [0.4, 0.5) is 4.39 Å². The molecule has 1 aromatic heterocycles. The maximum Gasteiger partial charge on any atom is 0.195 e. The molecule has 0 amide bonds.